The number of hydrogen-bond acceptors (Lipinski definition) is 0. The molecule has 0 heterocycles. The quantitative estimate of drug-likeness (QED) is 0.457. The molecule has 0 aromatic carbocycles. The van der Waals surface area contributed by atoms with E-state index < -0.39 is 0 Å². The van der Waals surface area contributed by atoms with Gasteiger partial charge >= 0.3 is 40.9 Å². The van der Waals surface area contributed by atoms with E-state index in [4.69, 9.17) is 0 Å². The first kappa shape index (κ1) is 61.0. The fraction of sp³-hybridized carbons (Fsp3) is 0. The first-order chi connectivity index (χ1) is 0. The van der Waals surface area contributed by atoms with Gasteiger partial charge in [-0.2, -0.15) is 0 Å². The molecule has 0 saturated carbocycles. The summed E-state index contributed by atoms with van der Waals surface area (Å²) in [6.07, 6.45) is 0. The van der Waals surface area contributed by atoms with Gasteiger partial charge in [0.25, 0.3) is 0 Å². The van der Waals surface area contributed by atoms with Crippen LogP contribution >= 0.6 is 0 Å². The summed E-state index contributed by atoms with van der Waals surface area (Å²) in [5, 5.41) is 0. The zero-order valence-electron chi connectivity index (χ0n) is 1.71. The Hall–Kier alpha value is 1.24. The Morgan fingerprint density at radius 1 is 0.750 bits per heavy atom. The number of hydrogen-bond donors (Lipinski definition) is 0. The van der Waals surface area contributed by atoms with Gasteiger partial charge in [-0.15, -0.1) is 0 Å². The standard InChI is InChI=1S/Nb.2O.V/q+5;2*-2;+5. The predicted octanol–water partition coefficient (Wildman–Crippen LogP) is -0.243. The van der Waals surface area contributed by atoms with Gasteiger partial charge in [-0.3, -0.25) is 0 Å². The molecule has 0 aliphatic carbocycles. The summed E-state index contributed by atoms with van der Waals surface area (Å²) in [6, 6.07) is 0. The summed E-state index contributed by atoms with van der Waals surface area (Å²) < 4.78 is 0. The molecule has 0 aromatic rings. The SMILES string of the molecule is [Nb+5].[O-2].[O-2].[V+5]. The van der Waals surface area contributed by atoms with Crippen LogP contribution in [0.3, 0.4) is 0 Å². The third kappa shape index (κ3) is 10.6. The zero-order chi connectivity index (χ0) is 0. The molecular formula is NbO2V+6. The molecule has 0 aliphatic rings. The van der Waals surface area contributed by atoms with Crippen molar-refractivity contribution in [1.82, 2.24) is 0 Å². The average molecular weight is 176 g/mol. The third-order valence-electron chi connectivity index (χ3n) is 0. The van der Waals surface area contributed by atoms with Crippen molar-refractivity contribution in [2.24, 2.45) is 0 Å². The van der Waals surface area contributed by atoms with E-state index in [1.807, 2.05) is 0 Å². The van der Waals surface area contributed by atoms with Gasteiger partial charge in [0.1, 0.15) is 0 Å². The maximum Gasteiger partial charge on any atom is 5.00 e. The van der Waals surface area contributed by atoms with Gasteiger partial charge in [0.05, 0.1) is 0 Å². The minimum Gasteiger partial charge on any atom is -2.00 e. The van der Waals surface area contributed by atoms with Crippen molar-refractivity contribution >= 4 is 0 Å². The summed E-state index contributed by atoms with van der Waals surface area (Å²) in [7, 11) is 0. The van der Waals surface area contributed by atoms with Gasteiger partial charge in [0, 0.05) is 0 Å². The van der Waals surface area contributed by atoms with Gasteiger partial charge < -0.3 is 11.0 Å². The van der Waals surface area contributed by atoms with Gasteiger partial charge in [0.2, 0.25) is 0 Å². The smallest absolute Gasteiger partial charge is 2.00 e. The molecule has 0 saturated heterocycles. The van der Waals surface area contributed by atoms with Crippen molar-refractivity contribution in [3.8, 4) is 0 Å². The molecule has 0 bridgehead atoms. The topological polar surface area (TPSA) is 57.0 Å². The molecule has 4 heteroatoms. The molecule has 0 radical (unpaired) electrons. The first-order valence-electron chi connectivity index (χ1n) is 0. The van der Waals surface area contributed by atoms with E-state index >= 15 is 0 Å². The van der Waals surface area contributed by atoms with E-state index in [2.05, 4.69) is 0 Å². The van der Waals surface area contributed by atoms with Crippen LogP contribution in [0.1, 0.15) is 0 Å². The molecule has 0 N–H and O–H groups in total. The molecule has 16 valence electrons. The van der Waals surface area contributed by atoms with Gasteiger partial charge in [-0.1, -0.05) is 0 Å². The Bertz CT molecular complexity index is 6.00. The van der Waals surface area contributed by atoms with Crippen molar-refractivity contribution in [2.45, 2.75) is 0 Å². The Labute approximate surface area is 52.0 Å². The van der Waals surface area contributed by atoms with Crippen LogP contribution in [0.5, 0.6) is 0 Å². The summed E-state index contributed by atoms with van der Waals surface area (Å²) in [5.41, 5.74) is 0. The van der Waals surface area contributed by atoms with Crippen molar-refractivity contribution < 1.29 is 51.9 Å². The Kier molecular flexibility index (Phi) is 440. The fourth-order valence-electron chi connectivity index (χ4n) is 0. The molecule has 0 amide bonds. The molecule has 0 unspecified atom stereocenters. The van der Waals surface area contributed by atoms with E-state index in [-0.39, 0.29) is 51.9 Å². The molecule has 0 aliphatic heterocycles. The Morgan fingerprint density at radius 2 is 0.750 bits per heavy atom. The van der Waals surface area contributed by atoms with E-state index in [1.165, 1.54) is 0 Å². The van der Waals surface area contributed by atoms with Crippen LogP contribution in [0, 0.1) is 0 Å². The minimum atomic E-state index is 0. The summed E-state index contributed by atoms with van der Waals surface area (Å²) in [5.74, 6) is 0. The van der Waals surface area contributed by atoms with E-state index in [9.17, 15) is 0 Å². The molecule has 0 spiro atoms. The van der Waals surface area contributed by atoms with Crippen LogP contribution in [-0.2, 0) is 51.9 Å². The molecule has 0 fully saturated rings. The van der Waals surface area contributed by atoms with Crippen molar-refractivity contribution in [3.05, 3.63) is 0 Å². The molecule has 0 rings (SSSR count). The first-order valence-corrected chi connectivity index (χ1v) is 0. The molecular weight excluding hydrogens is 176 g/mol. The molecule has 2 nitrogen and oxygen atoms in total. The second-order valence-electron chi connectivity index (χ2n) is 0. The zero-order valence-corrected chi connectivity index (χ0v) is 5.31. The van der Waals surface area contributed by atoms with Crippen LogP contribution in [0.15, 0.2) is 0 Å². The van der Waals surface area contributed by atoms with Gasteiger partial charge in [-0.05, 0) is 0 Å². The van der Waals surface area contributed by atoms with Crippen molar-refractivity contribution in [1.29, 1.82) is 0 Å². The van der Waals surface area contributed by atoms with Crippen LogP contribution in [0.25, 0.3) is 0 Å². The summed E-state index contributed by atoms with van der Waals surface area (Å²) in [4.78, 5) is 0. The van der Waals surface area contributed by atoms with Gasteiger partial charge in [0.15, 0.2) is 0 Å². The average Bonchev–Trinajstić information content (AvgIpc) is 0. The van der Waals surface area contributed by atoms with E-state index in [0.29, 0.717) is 0 Å². The van der Waals surface area contributed by atoms with Crippen LogP contribution < -0.4 is 0 Å². The predicted molar refractivity (Wildman–Crippen MR) is 1.37 cm³/mol. The molecule has 0 aromatic heterocycles. The normalized spacial score (nSPS) is 0. The van der Waals surface area contributed by atoms with Crippen LogP contribution in [0.2, 0.25) is 0 Å². The number of rotatable bonds is 0. The monoisotopic (exact) mass is 176 g/mol. The summed E-state index contributed by atoms with van der Waals surface area (Å²) >= 11 is 0. The Morgan fingerprint density at radius 3 is 0.750 bits per heavy atom. The largest absolute Gasteiger partial charge is 5.00 e. The van der Waals surface area contributed by atoms with Crippen LogP contribution in [-0.4, -0.2) is 0 Å². The minimum absolute atomic E-state index is 0. The maximum absolute atomic E-state index is 0. The van der Waals surface area contributed by atoms with Crippen LogP contribution in [0.4, 0.5) is 0 Å². The van der Waals surface area contributed by atoms with E-state index in [0.717, 1.165) is 0 Å². The second kappa shape index (κ2) is 28.8. The fourth-order valence-corrected chi connectivity index (χ4v) is 0. The molecule has 0 atom stereocenters. The molecule has 4 heavy (non-hydrogen) atoms. The third-order valence-corrected chi connectivity index (χ3v) is 0. The summed E-state index contributed by atoms with van der Waals surface area (Å²) in [6.45, 7) is 0. The van der Waals surface area contributed by atoms with Crippen molar-refractivity contribution in [2.75, 3.05) is 0 Å². The Balaban J connectivity index is 0. The second-order valence-corrected chi connectivity index (χ2v) is 0. The maximum atomic E-state index is 0. The van der Waals surface area contributed by atoms with Gasteiger partial charge in [-0.25, -0.2) is 0 Å². The van der Waals surface area contributed by atoms with Crippen molar-refractivity contribution in [3.63, 3.8) is 0 Å². The van der Waals surface area contributed by atoms with E-state index in [1.54, 1.807) is 0 Å².